The van der Waals surface area contributed by atoms with Crippen LogP contribution in [0.25, 0.3) is 0 Å². The summed E-state index contributed by atoms with van der Waals surface area (Å²) in [5.41, 5.74) is 0.329. The Morgan fingerprint density at radius 2 is 2.33 bits per heavy atom. The Hall–Kier alpha value is -1.42. The molecule has 1 saturated heterocycles. The third kappa shape index (κ3) is 3.07. The molecular weight excluding hydrogens is 252 g/mol. The molecule has 0 amide bonds. The number of ether oxygens (including phenoxy) is 1. The minimum Gasteiger partial charge on any atom is -0.377 e. The molecular formula is C12H14N2O3S. The van der Waals surface area contributed by atoms with Gasteiger partial charge in [0.05, 0.1) is 22.6 Å². The second kappa shape index (κ2) is 5.48. The van der Waals surface area contributed by atoms with Gasteiger partial charge in [0.25, 0.3) is 0 Å². The summed E-state index contributed by atoms with van der Waals surface area (Å²) in [5, 5.41) is 8.75. The molecule has 0 aromatic heterocycles. The largest absolute Gasteiger partial charge is 0.377 e. The molecule has 1 aliphatic rings. The van der Waals surface area contributed by atoms with Crippen molar-refractivity contribution >= 4 is 10.0 Å². The van der Waals surface area contributed by atoms with Crippen molar-refractivity contribution in [2.45, 2.75) is 23.8 Å². The maximum atomic E-state index is 12.0. The monoisotopic (exact) mass is 266 g/mol. The lowest BCUT2D eigenvalue weighted by Crippen LogP contribution is -2.31. The van der Waals surface area contributed by atoms with Crippen LogP contribution in [-0.2, 0) is 14.8 Å². The van der Waals surface area contributed by atoms with E-state index in [1.807, 2.05) is 6.07 Å². The highest BCUT2D eigenvalue weighted by molar-refractivity contribution is 7.89. The Morgan fingerprint density at radius 1 is 1.50 bits per heavy atom. The first-order chi connectivity index (χ1) is 8.62. The average molecular weight is 266 g/mol. The highest BCUT2D eigenvalue weighted by atomic mass is 32.2. The van der Waals surface area contributed by atoms with Crippen molar-refractivity contribution in [2.75, 3.05) is 13.2 Å². The molecule has 0 aliphatic carbocycles. The molecule has 6 heteroatoms. The molecule has 1 fully saturated rings. The Bertz CT molecular complexity index is 557. The van der Waals surface area contributed by atoms with Gasteiger partial charge >= 0.3 is 0 Å². The Labute approximate surface area is 106 Å². The summed E-state index contributed by atoms with van der Waals surface area (Å²) in [6.45, 7) is 0.968. The van der Waals surface area contributed by atoms with Gasteiger partial charge in [-0.1, -0.05) is 6.07 Å². The van der Waals surface area contributed by atoms with Crippen LogP contribution in [0.3, 0.4) is 0 Å². The summed E-state index contributed by atoms with van der Waals surface area (Å²) in [6.07, 6.45) is 1.80. The number of hydrogen-bond donors (Lipinski definition) is 1. The van der Waals surface area contributed by atoms with Gasteiger partial charge in [0, 0.05) is 13.2 Å². The lowest BCUT2D eigenvalue weighted by molar-refractivity contribution is 0.114. The number of nitrogens with one attached hydrogen (secondary N) is 1. The molecule has 96 valence electrons. The molecule has 1 heterocycles. The second-order valence-electron chi connectivity index (χ2n) is 4.13. The first-order valence-electron chi connectivity index (χ1n) is 5.73. The van der Waals surface area contributed by atoms with Gasteiger partial charge in [0.1, 0.15) is 0 Å². The zero-order valence-electron chi connectivity index (χ0n) is 9.80. The van der Waals surface area contributed by atoms with Crippen LogP contribution in [0.2, 0.25) is 0 Å². The van der Waals surface area contributed by atoms with Gasteiger partial charge in [-0.25, -0.2) is 13.1 Å². The molecule has 0 spiro atoms. The third-order valence-corrected chi connectivity index (χ3v) is 4.22. The summed E-state index contributed by atoms with van der Waals surface area (Å²) < 4.78 is 31.8. The Morgan fingerprint density at radius 3 is 3.00 bits per heavy atom. The quantitative estimate of drug-likeness (QED) is 0.882. The molecule has 1 aliphatic heterocycles. The van der Waals surface area contributed by atoms with Crippen molar-refractivity contribution in [2.24, 2.45) is 0 Å². The lowest BCUT2D eigenvalue weighted by Gasteiger charge is -2.11. The minimum absolute atomic E-state index is 0.0427. The van der Waals surface area contributed by atoms with E-state index in [1.54, 1.807) is 12.1 Å². The normalized spacial score (nSPS) is 19.6. The van der Waals surface area contributed by atoms with E-state index in [0.717, 1.165) is 12.8 Å². The van der Waals surface area contributed by atoms with Crippen molar-refractivity contribution in [3.8, 4) is 6.07 Å². The van der Waals surface area contributed by atoms with E-state index < -0.39 is 10.0 Å². The fourth-order valence-corrected chi connectivity index (χ4v) is 2.94. The van der Waals surface area contributed by atoms with Gasteiger partial charge in [-0.05, 0) is 31.0 Å². The SMILES string of the molecule is N#Cc1cccc(S(=O)(=O)NC[C@H]2CCCO2)c1. The first kappa shape index (κ1) is 13.0. The predicted molar refractivity (Wildman–Crippen MR) is 65.3 cm³/mol. The second-order valence-corrected chi connectivity index (χ2v) is 5.89. The highest BCUT2D eigenvalue weighted by Crippen LogP contribution is 2.14. The van der Waals surface area contributed by atoms with E-state index in [2.05, 4.69) is 4.72 Å². The van der Waals surface area contributed by atoms with Gasteiger partial charge in [-0.15, -0.1) is 0 Å². The smallest absolute Gasteiger partial charge is 0.240 e. The summed E-state index contributed by atoms with van der Waals surface area (Å²) in [5.74, 6) is 0. The van der Waals surface area contributed by atoms with Gasteiger partial charge in [0.15, 0.2) is 0 Å². The molecule has 1 aromatic carbocycles. The topological polar surface area (TPSA) is 79.2 Å². The van der Waals surface area contributed by atoms with Crippen LogP contribution in [0.4, 0.5) is 0 Å². The van der Waals surface area contributed by atoms with Crippen LogP contribution in [-0.4, -0.2) is 27.7 Å². The van der Waals surface area contributed by atoms with Crippen LogP contribution < -0.4 is 4.72 Å². The predicted octanol–water partition coefficient (Wildman–Crippen LogP) is 1.02. The Kier molecular flexibility index (Phi) is 3.97. The summed E-state index contributed by atoms with van der Waals surface area (Å²) >= 11 is 0. The maximum absolute atomic E-state index is 12.0. The zero-order valence-corrected chi connectivity index (χ0v) is 10.6. The van der Waals surface area contributed by atoms with E-state index in [9.17, 15) is 8.42 Å². The number of nitrogens with zero attached hydrogens (tertiary/aromatic N) is 1. The number of hydrogen-bond acceptors (Lipinski definition) is 4. The van der Waals surface area contributed by atoms with Crippen molar-refractivity contribution < 1.29 is 13.2 Å². The molecule has 5 nitrogen and oxygen atoms in total. The molecule has 0 unspecified atom stereocenters. The molecule has 1 N–H and O–H groups in total. The fraction of sp³-hybridized carbons (Fsp3) is 0.417. The first-order valence-corrected chi connectivity index (χ1v) is 7.21. The van der Waals surface area contributed by atoms with E-state index in [1.165, 1.54) is 12.1 Å². The fourth-order valence-electron chi connectivity index (χ4n) is 1.82. The van der Waals surface area contributed by atoms with Crippen LogP contribution in [0.5, 0.6) is 0 Å². The Balaban J connectivity index is 2.07. The van der Waals surface area contributed by atoms with E-state index >= 15 is 0 Å². The van der Waals surface area contributed by atoms with Crippen molar-refractivity contribution in [3.63, 3.8) is 0 Å². The van der Waals surface area contributed by atoms with Crippen LogP contribution in [0.1, 0.15) is 18.4 Å². The summed E-state index contributed by atoms with van der Waals surface area (Å²) in [7, 11) is -3.56. The van der Waals surface area contributed by atoms with E-state index in [4.69, 9.17) is 10.00 Å². The van der Waals surface area contributed by atoms with Crippen LogP contribution in [0.15, 0.2) is 29.2 Å². The van der Waals surface area contributed by atoms with Gasteiger partial charge in [-0.3, -0.25) is 0 Å². The van der Waals surface area contributed by atoms with Gasteiger partial charge in [0.2, 0.25) is 10.0 Å². The molecule has 18 heavy (non-hydrogen) atoms. The summed E-state index contributed by atoms with van der Waals surface area (Å²) in [4.78, 5) is 0.111. The van der Waals surface area contributed by atoms with Gasteiger partial charge < -0.3 is 4.74 Å². The number of nitriles is 1. The minimum atomic E-state index is -3.56. The number of benzene rings is 1. The third-order valence-electron chi connectivity index (χ3n) is 2.80. The molecule has 2 rings (SSSR count). The van der Waals surface area contributed by atoms with E-state index in [0.29, 0.717) is 12.2 Å². The van der Waals surface area contributed by atoms with Crippen molar-refractivity contribution in [3.05, 3.63) is 29.8 Å². The van der Waals surface area contributed by atoms with Crippen LogP contribution in [0, 0.1) is 11.3 Å². The number of rotatable bonds is 4. The summed E-state index contributed by atoms with van der Waals surface area (Å²) in [6, 6.07) is 7.87. The standard InChI is InChI=1S/C12H14N2O3S/c13-8-10-3-1-5-12(7-10)18(15,16)14-9-11-4-2-6-17-11/h1,3,5,7,11,14H,2,4,6,9H2/t11-/m1/s1. The maximum Gasteiger partial charge on any atom is 0.240 e. The molecule has 0 saturated carbocycles. The van der Waals surface area contributed by atoms with Crippen LogP contribution >= 0.6 is 0 Å². The lowest BCUT2D eigenvalue weighted by atomic mass is 10.2. The zero-order chi connectivity index (χ0) is 13.0. The van der Waals surface area contributed by atoms with Crippen molar-refractivity contribution in [1.29, 1.82) is 5.26 Å². The van der Waals surface area contributed by atoms with Crippen molar-refractivity contribution in [1.82, 2.24) is 4.72 Å². The van der Waals surface area contributed by atoms with E-state index in [-0.39, 0.29) is 17.5 Å². The average Bonchev–Trinajstić information content (AvgIpc) is 2.90. The molecule has 1 aromatic rings. The number of sulfonamides is 1. The molecule has 0 bridgehead atoms. The highest BCUT2D eigenvalue weighted by Gasteiger charge is 2.20. The van der Waals surface area contributed by atoms with Gasteiger partial charge in [-0.2, -0.15) is 5.26 Å². The molecule has 0 radical (unpaired) electrons. The molecule has 1 atom stereocenters.